The molecule has 0 rings (SSSR count). The van der Waals surface area contributed by atoms with Gasteiger partial charge in [-0.3, -0.25) is 0 Å². The summed E-state index contributed by atoms with van der Waals surface area (Å²) in [6.07, 6.45) is -13.1. The normalized spacial score (nSPS) is 18.1. The molecule has 0 saturated heterocycles. The Hall–Kier alpha value is 0.380. The van der Waals surface area contributed by atoms with Crippen molar-refractivity contribution in [2.45, 2.75) is 72.4 Å². The maximum Gasteiger partial charge on any atom is 0.392 e. The molecule has 0 aromatic rings. The van der Waals surface area contributed by atoms with Crippen molar-refractivity contribution >= 4 is 35.2 Å². The predicted molar refractivity (Wildman–Crippen MR) is 84.8 cm³/mol. The van der Waals surface area contributed by atoms with Gasteiger partial charge in [0.15, 0.2) is 0 Å². The van der Waals surface area contributed by atoms with E-state index in [0.717, 1.165) is 0 Å². The van der Waals surface area contributed by atoms with E-state index < -0.39 is 71.4 Å². The zero-order valence-corrected chi connectivity index (χ0v) is 15.9. The Morgan fingerprint density at radius 3 is 1.68 bits per heavy atom. The highest BCUT2D eigenvalue weighted by Crippen LogP contribution is 2.45. The summed E-state index contributed by atoms with van der Waals surface area (Å²) in [7, 11) is 0. The first-order valence-electron chi connectivity index (χ1n) is 6.99. The van der Waals surface area contributed by atoms with Crippen LogP contribution in [0, 0.1) is 5.92 Å². The molecule has 3 unspecified atom stereocenters. The van der Waals surface area contributed by atoms with Crippen molar-refractivity contribution in [1.29, 1.82) is 0 Å². The summed E-state index contributed by atoms with van der Waals surface area (Å²) >= 11 is 4.77. The van der Waals surface area contributed by atoms with E-state index >= 15 is 0 Å². The van der Waals surface area contributed by atoms with Gasteiger partial charge >= 0.3 is 6.18 Å². The van der Waals surface area contributed by atoms with E-state index in [9.17, 15) is 43.9 Å². The molecule has 0 radical (unpaired) electrons. The highest BCUT2D eigenvalue weighted by Gasteiger charge is 2.52. The van der Waals surface area contributed by atoms with E-state index in [1.807, 2.05) is 0 Å². The highest BCUT2D eigenvalue weighted by molar-refractivity contribution is 14.1. The molecule has 0 heterocycles. The summed E-state index contributed by atoms with van der Waals surface area (Å²) in [6.45, 7) is 0.100. The second kappa shape index (κ2) is 9.05. The first kappa shape index (κ1) is 25.4. The lowest BCUT2D eigenvalue weighted by Gasteiger charge is -2.30. The number of hydrogen-bond donors (Lipinski definition) is 1. The molecule has 3 atom stereocenters. The summed E-state index contributed by atoms with van der Waals surface area (Å²) in [4.78, 5) is 0. The van der Waals surface area contributed by atoms with E-state index in [0.29, 0.717) is 0 Å². The van der Waals surface area contributed by atoms with E-state index in [1.165, 1.54) is 22.6 Å². The molecule has 0 N–H and O–H groups in total. The first-order valence-corrected chi connectivity index (χ1v) is 8.76. The van der Waals surface area contributed by atoms with Crippen LogP contribution in [0.1, 0.15) is 39.0 Å². The van der Waals surface area contributed by atoms with E-state index in [1.54, 1.807) is 0 Å². The lowest BCUT2D eigenvalue weighted by atomic mass is 9.91. The van der Waals surface area contributed by atoms with Crippen molar-refractivity contribution in [2.75, 3.05) is 0 Å². The minimum absolute atomic E-state index is 0.100. The van der Waals surface area contributed by atoms with Crippen molar-refractivity contribution in [3.05, 3.63) is 0 Å². The Kier molecular flexibility index (Phi) is 9.18. The largest absolute Gasteiger partial charge is 0.392 e. The monoisotopic (exact) mass is 522 g/mol. The molecule has 0 amide bonds. The zero-order chi connectivity index (χ0) is 20.3. The molecule has 0 fully saturated rings. The average Bonchev–Trinajstić information content (AvgIpc) is 2.18. The number of alkyl halides is 11. The SMILES string of the molecule is CC(F)(F)CC(F)(F)CC(F)(F)CC(CC(I)CC(F)S)C(F)(F)F. The molecule has 0 aliphatic carbocycles. The molecule has 0 nitrogen and oxygen atoms in total. The molecule has 0 bridgehead atoms. The third-order valence-corrected chi connectivity index (χ3v) is 4.31. The van der Waals surface area contributed by atoms with Crippen LogP contribution < -0.4 is 0 Å². The average molecular weight is 522 g/mol. The fraction of sp³-hybridized carbons (Fsp3) is 1.00. The Balaban J connectivity index is 5.08. The fourth-order valence-electron chi connectivity index (χ4n) is 2.28. The molecule has 0 aromatic heterocycles. The van der Waals surface area contributed by atoms with Crippen LogP contribution in [0.5, 0.6) is 0 Å². The molecule has 0 spiro atoms. The number of halogens is 11. The standard InChI is InChI=1S/C13H17F10IS/c1-10(15,16)5-12(19,20)6-11(17,18)4-7(13(21,22)23)2-8(24)3-9(14)25/h7-9,25H,2-6H2,1H3. The lowest BCUT2D eigenvalue weighted by Crippen LogP contribution is -2.38. The van der Waals surface area contributed by atoms with E-state index in [4.69, 9.17) is 0 Å². The molecule has 25 heavy (non-hydrogen) atoms. The van der Waals surface area contributed by atoms with Gasteiger partial charge in [0, 0.05) is 10.3 Å². The second-order valence-corrected chi connectivity index (χ2v) is 8.40. The van der Waals surface area contributed by atoms with Crippen molar-refractivity contribution in [2.24, 2.45) is 5.92 Å². The van der Waals surface area contributed by atoms with Crippen LogP contribution in [0.15, 0.2) is 0 Å². The van der Waals surface area contributed by atoms with Crippen molar-refractivity contribution in [3.8, 4) is 0 Å². The Bertz CT molecular complexity index is 405. The van der Waals surface area contributed by atoms with Gasteiger partial charge < -0.3 is 0 Å². The van der Waals surface area contributed by atoms with E-state index in [-0.39, 0.29) is 6.92 Å². The van der Waals surface area contributed by atoms with E-state index in [2.05, 4.69) is 12.6 Å². The molecule has 0 saturated carbocycles. The van der Waals surface area contributed by atoms with Crippen LogP contribution in [-0.4, -0.2) is 33.4 Å². The number of rotatable bonds is 10. The van der Waals surface area contributed by atoms with Crippen molar-refractivity contribution in [1.82, 2.24) is 0 Å². The Morgan fingerprint density at radius 2 is 1.32 bits per heavy atom. The number of thiol groups is 1. The van der Waals surface area contributed by atoms with Gasteiger partial charge in [0.25, 0.3) is 17.8 Å². The number of hydrogen-bond acceptors (Lipinski definition) is 1. The quantitative estimate of drug-likeness (QED) is 0.135. The van der Waals surface area contributed by atoms with Crippen molar-refractivity contribution < 1.29 is 43.9 Å². The maximum absolute atomic E-state index is 13.7. The first-order chi connectivity index (χ1) is 10.8. The van der Waals surface area contributed by atoms with Gasteiger partial charge in [-0.15, -0.1) is 12.6 Å². The predicted octanol–water partition coefficient (Wildman–Crippen LogP) is 7.07. The summed E-state index contributed by atoms with van der Waals surface area (Å²) < 4.78 is 129. The van der Waals surface area contributed by atoms with Gasteiger partial charge in [-0.05, 0) is 19.8 Å². The Labute approximate surface area is 157 Å². The maximum atomic E-state index is 13.7. The molecule has 152 valence electrons. The summed E-state index contributed by atoms with van der Waals surface area (Å²) in [6, 6.07) is 0. The topological polar surface area (TPSA) is 0 Å². The van der Waals surface area contributed by atoms with Gasteiger partial charge in [-0.2, -0.15) is 13.2 Å². The Morgan fingerprint density at radius 1 is 0.840 bits per heavy atom. The van der Waals surface area contributed by atoms with Crippen LogP contribution in [0.2, 0.25) is 0 Å². The third kappa shape index (κ3) is 12.4. The third-order valence-electron chi connectivity index (χ3n) is 3.08. The van der Waals surface area contributed by atoms with Gasteiger partial charge in [0.1, 0.15) is 5.50 Å². The highest BCUT2D eigenvalue weighted by atomic mass is 127. The lowest BCUT2D eigenvalue weighted by molar-refractivity contribution is -0.209. The molecule has 0 aromatic carbocycles. The second-order valence-electron chi connectivity index (χ2n) is 6.08. The summed E-state index contributed by atoms with van der Waals surface area (Å²) in [5.41, 5.74) is -1.76. The molecular weight excluding hydrogens is 505 g/mol. The smallest absolute Gasteiger partial charge is 0.236 e. The van der Waals surface area contributed by atoms with Crippen LogP contribution in [0.4, 0.5) is 43.9 Å². The summed E-state index contributed by atoms with van der Waals surface area (Å²) in [5, 5.41) is 0. The fourth-order valence-corrected chi connectivity index (χ4v) is 3.99. The van der Waals surface area contributed by atoms with Gasteiger partial charge in [0.05, 0.1) is 18.8 Å². The molecule has 0 aliphatic heterocycles. The molecule has 12 heteroatoms. The van der Waals surface area contributed by atoms with Crippen LogP contribution >= 0.6 is 35.2 Å². The minimum atomic E-state index is -5.13. The minimum Gasteiger partial charge on any atom is -0.236 e. The molecule has 0 aliphatic rings. The molecular formula is C13H17F10IS. The van der Waals surface area contributed by atoms with Crippen LogP contribution in [0.3, 0.4) is 0 Å². The van der Waals surface area contributed by atoms with Gasteiger partial charge in [-0.25, -0.2) is 30.7 Å². The van der Waals surface area contributed by atoms with Gasteiger partial charge in [0.2, 0.25) is 0 Å². The van der Waals surface area contributed by atoms with Crippen LogP contribution in [0.25, 0.3) is 0 Å². The van der Waals surface area contributed by atoms with Gasteiger partial charge in [-0.1, -0.05) is 22.6 Å². The van der Waals surface area contributed by atoms with Crippen molar-refractivity contribution in [3.63, 3.8) is 0 Å². The summed E-state index contributed by atoms with van der Waals surface area (Å²) in [5.74, 6) is -15.7. The zero-order valence-electron chi connectivity index (χ0n) is 12.9. The van der Waals surface area contributed by atoms with Crippen LogP contribution in [-0.2, 0) is 0 Å².